The van der Waals surface area contributed by atoms with Crippen molar-refractivity contribution >= 4 is 28.9 Å². The minimum atomic E-state index is -0.760. The van der Waals surface area contributed by atoms with Crippen molar-refractivity contribution in [2.45, 2.75) is 50.5 Å². The minimum absolute atomic E-state index is 0.0860. The first kappa shape index (κ1) is 20.8. The van der Waals surface area contributed by atoms with Crippen molar-refractivity contribution in [1.29, 1.82) is 0 Å². The average molecular weight is 472 g/mol. The van der Waals surface area contributed by atoms with Crippen LogP contribution in [0.2, 0.25) is 5.02 Å². The number of nitrogens with zero attached hydrogens (tertiary/aromatic N) is 2. The van der Waals surface area contributed by atoms with Gasteiger partial charge in [-0.25, -0.2) is 4.68 Å². The van der Waals surface area contributed by atoms with Crippen LogP contribution in [0.5, 0.6) is 11.5 Å². The van der Waals surface area contributed by atoms with Crippen molar-refractivity contribution in [2.24, 2.45) is 17.3 Å². The molecule has 1 aromatic heterocycles. The Bertz CT molecular complexity index is 1180. The lowest BCUT2D eigenvalue weighted by molar-refractivity contribution is -0.151. The van der Waals surface area contributed by atoms with Crippen LogP contribution in [-0.2, 0) is 10.3 Å². The molecule has 2 heterocycles. The molecule has 2 aromatic rings. The van der Waals surface area contributed by atoms with E-state index in [0.717, 1.165) is 37.8 Å². The summed E-state index contributed by atoms with van der Waals surface area (Å²) < 4.78 is 12.8. The summed E-state index contributed by atoms with van der Waals surface area (Å²) in [5, 5.41) is 17.4. The molecule has 2 atom stereocenters. The van der Waals surface area contributed by atoms with Crippen molar-refractivity contribution in [3.05, 3.63) is 39.8 Å². The molecule has 5 aliphatic rings. The maximum atomic E-state index is 13.4. The summed E-state index contributed by atoms with van der Waals surface area (Å²) in [4.78, 5) is 25.0. The zero-order valence-corrected chi connectivity index (χ0v) is 18.9. The van der Waals surface area contributed by atoms with E-state index in [0.29, 0.717) is 48.7 Å². The monoisotopic (exact) mass is 471 g/mol. The highest BCUT2D eigenvalue weighted by Gasteiger charge is 2.59. The maximum absolute atomic E-state index is 13.4. The van der Waals surface area contributed by atoms with E-state index in [2.05, 4.69) is 10.4 Å². The van der Waals surface area contributed by atoms with Crippen LogP contribution in [0, 0.1) is 17.3 Å². The summed E-state index contributed by atoms with van der Waals surface area (Å²) in [7, 11) is 0. The largest absolute Gasteiger partial charge is 0.486 e. The predicted octanol–water partition coefficient (Wildman–Crippen LogP) is 4.18. The van der Waals surface area contributed by atoms with Gasteiger partial charge in [-0.1, -0.05) is 11.6 Å². The number of hydrogen-bond donors (Lipinski definition) is 2. The number of benzene rings is 1. The number of anilines is 2. The van der Waals surface area contributed by atoms with Crippen molar-refractivity contribution in [2.75, 3.05) is 18.5 Å². The zero-order valence-electron chi connectivity index (χ0n) is 18.2. The number of fused-ring (bicyclic) bond motifs is 1. The highest BCUT2D eigenvalue weighted by molar-refractivity contribution is 6.33. The minimum Gasteiger partial charge on any atom is -0.486 e. The summed E-state index contributed by atoms with van der Waals surface area (Å²) in [6.45, 7) is 1.01. The molecule has 0 unspecified atom stereocenters. The van der Waals surface area contributed by atoms with Crippen LogP contribution in [0.3, 0.4) is 0 Å². The van der Waals surface area contributed by atoms with E-state index >= 15 is 0 Å². The second-order valence-electron chi connectivity index (χ2n) is 10.3. The lowest BCUT2D eigenvalue weighted by Gasteiger charge is -2.61. The molecule has 1 aliphatic heterocycles. The second kappa shape index (κ2) is 7.38. The molecule has 4 fully saturated rings. The molecule has 174 valence electrons. The van der Waals surface area contributed by atoms with Gasteiger partial charge in [-0.2, -0.15) is 5.10 Å². The Hall–Kier alpha value is -2.74. The number of aromatic nitrogens is 2. The number of carbonyl (C=O) groups is 1. The van der Waals surface area contributed by atoms with Gasteiger partial charge in [-0.05, 0) is 67.9 Å². The van der Waals surface area contributed by atoms with Crippen molar-refractivity contribution in [3.8, 4) is 11.5 Å². The molecule has 2 N–H and O–H groups in total. The molecular weight excluding hydrogens is 446 g/mol. The zero-order chi connectivity index (χ0) is 22.8. The van der Waals surface area contributed by atoms with E-state index in [1.165, 1.54) is 0 Å². The Kier molecular flexibility index (Phi) is 4.66. The number of aliphatic carboxylic acids is 1. The molecule has 4 bridgehead atoms. The van der Waals surface area contributed by atoms with Gasteiger partial charge in [0.2, 0.25) is 0 Å². The Labute approximate surface area is 195 Å². The van der Waals surface area contributed by atoms with E-state index in [-0.39, 0.29) is 22.4 Å². The van der Waals surface area contributed by atoms with E-state index in [1.54, 1.807) is 10.9 Å². The van der Waals surface area contributed by atoms with Gasteiger partial charge in [0, 0.05) is 11.8 Å². The number of rotatable bonds is 5. The molecule has 0 saturated heterocycles. The molecule has 1 aromatic carbocycles. The number of ether oxygens (including phenoxy) is 2. The number of carboxylic acids is 1. The van der Waals surface area contributed by atoms with Gasteiger partial charge in [0.05, 0.1) is 23.8 Å². The Morgan fingerprint density at radius 1 is 1.18 bits per heavy atom. The van der Waals surface area contributed by atoms with Crippen LogP contribution >= 0.6 is 11.6 Å². The van der Waals surface area contributed by atoms with Gasteiger partial charge in [-0.15, -0.1) is 0 Å². The molecule has 4 aliphatic carbocycles. The Balaban J connectivity index is 1.32. The molecule has 0 radical (unpaired) electrons. The Morgan fingerprint density at radius 3 is 2.64 bits per heavy atom. The van der Waals surface area contributed by atoms with Crippen molar-refractivity contribution in [1.82, 2.24) is 9.78 Å². The lowest BCUT2D eigenvalue weighted by Crippen LogP contribution is -2.59. The van der Waals surface area contributed by atoms with E-state index in [9.17, 15) is 14.7 Å². The Morgan fingerprint density at radius 2 is 1.91 bits per heavy atom. The average Bonchev–Trinajstić information content (AvgIpc) is 2.75. The fourth-order valence-corrected chi connectivity index (χ4v) is 7.49. The van der Waals surface area contributed by atoms with Crippen LogP contribution in [-0.4, -0.2) is 34.1 Å². The standard InChI is InChI=1S/C24H26ClN3O5/c25-21-17(27-16-1-2-18-19(6-16)33-4-3-32-18)12-26-28(22(21)31)24-9-14-5-15(10-24)8-23(7-14,13-24)11-20(29)30/h1-2,6,12,14-15,27H,3-5,7-11,13H2,(H,29,30)/t14-,15-,23?,24?/m1/s1. The van der Waals surface area contributed by atoms with Crippen molar-refractivity contribution in [3.63, 3.8) is 0 Å². The molecule has 8 nitrogen and oxygen atoms in total. The molecule has 7 rings (SSSR count). The summed E-state index contributed by atoms with van der Waals surface area (Å²) in [6.07, 6.45) is 7.16. The van der Waals surface area contributed by atoms with Gasteiger partial charge in [-0.3, -0.25) is 9.59 Å². The van der Waals surface area contributed by atoms with Crippen molar-refractivity contribution < 1.29 is 19.4 Å². The predicted molar refractivity (Wildman–Crippen MR) is 122 cm³/mol. The summed E-state index contributed by atoms with van der Waals surface area (Å²) in [5.41, 5.74) is 0.128. The SMILES string of the molecule is O=C(O)CC12C[C@H]3C[C@H](C1)CC(n1ncc(Nc4ccc5c(c4)OCCO5)c(Cl)c1=O)(C3)C2. The number of nitrogens with one attached hydrogen (secondary N) is 1. The van der Waals surface area contributed by atoms with E-state index < -0.39 is 11.5 Å². The van der Waals surface area contributed by atoms with Gasteiger partial charge < -0.3 is 19.9 Å². The van der Waals surface area contributed by atoms with Crippen LogP contribution in [0.15, 0.2) is 29.2 Å². The first-order chi connectivity index (χ1) is 15.8. The fraction of sp³-hybridized carbons (Fsp3) is 0.542. The third kappa shape index (κ3) is 3.46. The molecule has 0 spiro atoms. The highest BCUT2D eigenvalue weighted by atomic mass is 35.5. The number of hydrogen-bond acceptors (Lipinski definition) is 6. The maximum Gasteiger partial charge on any atom is 0.303 e. The van der Waals surface area contributed by atoms with Crippen LogP contribution in [0.25, 0.3) is 0 Å². The first-order valence-electron chi connectivity index (χ1n) is 11.5. The first-order valence-corrected chi connectivity index (χ1v) is 11.9. The molecule has 9 heteroatoms. The van der Waals surface area contributed by atoms with Crippen LogP contribution < -0.4 is 20.3 Å². The van der Waals surface area contributed by atoms with Crippen LogP contribution in [0.1, 0.15) is 44.9 Å². The lowest BCUT2D eigenvalue weighted by atomic mass is 9.46. The third-order valence-electron chi connectivity index (χ3n) is 7.87. The summed E-state index contributed by atoms with van der Waals surface area (Å²) >= 11 is 6.56. The number of halogens is 1. The van der Waals surface area contributed by atoms with E-state index in [1.807, 2.05) is 18.2 Å². The quantitative estimate of drug-likeness (QED) is 0.674. The molecular formula is C24H26ClN3O5. The summed E-state index contributed by atoms with van der Waals surface area (Å²) in [5.74, 6) is 1.44. The topological polar surface area (TPSA) is 103 Å². The van der Waals surface area contributed by atoms with Gasteiger partial charge >= 0.3 is 5.97 Å². The van der Waals surface area contributed by atoms with Crippen LogP contribution in [0.4, 0.5) is 11.4 Å². The van der Waals surface area contributed by atoms with Gasteiger partial charge in [0.25, 0.3) is 5.56 Å². The smallest absolute Gasteiger partial charge is 0.303 e. The van der Waals surface area contributed by atoms with Gasteiger partial charge in [0.15, 0.2) is 11.5 Å². The fourth-order valence-electron chi connectivity index (χ4n) is 7.31. The van der Waals surface area contributed by atoms with E-state index in [4.69, 9.17) is 21.1 Å². The number of carboxylic acid groups (broad SMARTS) is 1. The molecule has 4 saturated carbocycles. The molecule has 0 amide bonds. The van der Waals surface area contributed by atoms with Gasteiger partial charge in [0.1, 0.15) is 18.2 Å². The second-order valence-corrected chi connectivity index (χ2v) is 10.7. The molecule has 33 heavy (non-hydrogen) atoms. The highest BCUT2D eigenvalue weighted by Crippen LogP contribution is 2.65. The normalized spacial score (nSPS) is 31.4. The summed E-state index contributed by atoms with van der Waals surface area (Å²) in [6, 6.07) is 5.46. The third-order valence-corrected chi connectivity index (χ3v) is 8.23.